The third kappa shape index (κ3) is 2.99. The van der Waals surface area contributed by atoms with Gasteiger partial charge in [-0.15, -0.1) is 22.7 Å². The number of nitrogens with one attached hydrogen (secondary N) is 1. The van der Waals surface area contributed by atoms with Crippen LogP contribution in [0.15, 0.2) is 24.3 Å². The quantitative estimate of drug-likeness (QED) is 0.649. The molecule has 4 nitrogen and oxygen atoms in total. The number of rotatable bonds is 2. The van der Waals surface area contributed by atoms with Crippen molar-refractivity contribution in [3.63, 3.8) is 0 Å². The van der Waals surface area contributed by atoms with Crippen LogP contribution in [0, 0.1) is 0 Å². The monoisotopic (exact) mass is 365 g/mol. The summed E-state index contributed by atoms with van der Waals surface area (Å²) < 4.78 is 1.19. The fraction of sp³-hybridized carbons (Fsp3) is 0.250. The van der Waals surface area contributed by atoms with E-state index in [4.69, 9.17) is 4.98 Å². The number of fused-ring (bicyclic) bond motifs is 2. The molecule has 1 aromatic carbocycles. The minimum atomic E-state index is -0.0232. The molecule has 3 heterocycles. The first-order valence-corrected chi connectivity index (χ1v) is 8.95. The molecule has 0 unspecified atom stereocenters. The van der Waals surface area contributed by atoms with Crippen LogP contribution >= 0.6 is 22.7 Å². The minimum absolute atomic E-state index is 0. The summed E-state index contributed by atoms with van der Waals surface area (Å²) >= 11 is 3.41. The number of thiazole rings is 1. The second-order valence-corrected chi connectivity index (χ2v) is 7.54. The van der Waals surface area contributed by atoms with Crippen LogP contribution in [-0.4, -0.2) is 17.4 Å². The summed E-state index contributed by atoms with van der Waals surface area (Å²) in [4.78, 5) is 17.7. The number of carbonyl (C=O) groups excluding carboxylic acids is 1. The van der Waals surface area contributed by atoms with Crippen molar-refractivity contribution in [2.45, 2.75) is 19.9 Å². The Labute approximate surface area is 148 Å². The number of para-hydroxylation sites is 1. The second kappa shape index (κ2) is 6.57. The van der Waals surface area contributed by atoms with Crippen LogP contribution in [0.2, 0.25) is 0 Å². The molecule has 2 aromatic heterocycles. The van der Waals surface area contributed by atoms with Crippen molar-refractivity contribution in [3.8, 4) is 10.6 Å². The van der Waals surface area contributed by atoms with Crippen molar-refractivity contribution < 1.29 is 22.5 Å². The molecule has 23 heavy (non-hydrogen) atoms. The van der Waals surface area contributed by atoms with E-state index in [1.165, 1.54) is 15.1 Å². The van der Waals surface area contributed by atoms with Gasteiger partial charge in [0.1, 0.15) is 16.6 Å². The van der Waals surface area contributed by atoms with Crippen molar-refractivity contribution in [1.82, 2.24) is 4.98 Å². The Morgan fingerprint density at radius 3 is 2.91 bits per heavy atom. The highest BCUT2D eigenvalue weighted by atomic mass is 35.5. The van der Waals surface area contributed by atoms with Crippen molar-refractivity contribution in [3.05, 3.63) is 34.7 Å². The van der Waals surface area contributed by atoms with E-state index in [9.17, 15) is 4.79 Å². The van der Waals surface area contributed by atoms with Gasteiger partial charge in [-0.2, -0.15) is 0 Å². The Kier molecular flexibility index (Phi) is 4.68. The maximum atomic E-state index is 11.6. The molecule has 0 saturated carbocycles. The van der Waals surface area contributed by atoms with Gasteiger partial charge >= 0.3 is 0 Å². The predicted octanol–water partition coefficient (Wildman–Crippen LogP) is -0.393. The third-order valence-corrected chi connectivity index (χ3v) is 6.07. The number of hydrogen-bond acceptors (Lipinski definition) is 4. The molecule has 0 spiro atoms. The molecule has 0 fully saturated rings. The van der Waals surface area contributed by atoms with E-state index in [2.05, 4.69) is 16.7 Å². The molecule has 1 aliphatic rings. The molecular weight excluding hydrogens is 350 g/mol. The molecule has 0 bridgehead atoms. The topological polar surface area (TPSA) is 58.6 Å². The van der Waals surface area contributed by atoms with Crippen LogP contribution in [0.5, 0.6) is 0 Å². The lowest BCUT2D eigenvalue weighted by Crippen LogP contribution is -3.00. The lowest BCUT2D eigenvalue weighted by Gasteiger charge is -2.10. The molecule has 3 N–H and O–H groups in total. The van der Waals surface area contributed by atoms with Crippen molar-refractivity contribution >= 4 is 43.8 Å². The molecule has 0 radical (unpaired) electrons. The average molecular weight is 366 g/mol. The summed E-state index contributed by atoms with van der Waals surface area (Å²) in [6.07, 6.45) is 1.07. The summed E-state index contributed by atoms with van der Waals surface area (Å²) in [5.41, 5.74) is 3.50. The number of amides is 1. The number of quaternary nitrogens is 1. The molecule has 120 valence electrons. The molecule has 1 aliphatic heterocycles. The Balaban J connectivity index is 0.00000156. The van der Waals surface area contributed by atoms with Crippen molar-refractivity contribution in [2.24, 2.45) is 0 Å². The van der Waals surface area contributed by atoms with Crippen LogP contribution in [0.25, 0.3) is 20.8 Å². The fourth-order valence-corrected chi connectivity index (χ4v) is 5.26. The smallest absolute Gasteiger partial charge is 0.221 e. The summed E-state index contributed by atoms with van der Waals surface area (Å²) in [6.45, 7) is 3.65. The molecule has 7 heteroatoms. The molecule has 1 amide bonds. The van der Waals surface area contributed by atoms with Gasteiger partial charge in [0.05, 0.1) is 22.3 Å². The summed E-state index contributed by atoms with van der Waals surface area (Å²) in [5.74, 6) is -0.0232. The zero-order chi connectivity index (χ0) is 15.1. The lowest BCUT2D eigenvalue weighted by atomic mass is 10.1. The second-order valence-electron chi connectivity index (χ2n) is 5.41. The zero-order valence-electron chi connectivity index (χ0n) is 12.6. The highest BCUT2D eigenvalue weighted by Gasteiger charge is 2.26. The van der Waals surface area contributed by atoms with Crippen LogP contribution < -0.4 is 23.0 Å². The highest BCUT2D eigenvalue weighted by molar-refractivity contribution is 7.22. The number of anilines is 1. The molecular formula is C16H16ClN3OS2. The van der Waals surface area contributed by atoms with E-state index in [1.54, 1.807) is 29.6 Å². The first-order chi connectivity index (χ1) is 10.7. The Morgan fingerprint density at radius 2 is 2.13 bits per heavy atom. The zero-order valence-corrected chi connectivity index (χ0v) is 14.9. The van der Waals surface area contributed by atoms with Gasteiger partial charge in [0, 0.05) is 23.8 Å². The number of carbonyl (C=O) groups is 1. The number of hydrogen-bond donors (Lipinski definition) is 2. The van der Waals surface area contributed by atoms with Gasteiger partial charge in [-0.25, -0.2) is 4.98 Å². The highest BCUT2D eigenvalue weighted by Crippen LogP contribution is 2.44. The summed E-state index contributed by atoms with van der Waals surface area (Å²) in [7, 11) is 0. The largest absolute Gasteiger partial charge is 1.00 e. The van der Waals surface area contributed by atoms with Gasteiger partial charge in [-0.1, -0.05) is 12.1 Å². The Morgan fingerprint density at radius 1 is 1.30 bits per heavy atom. The standard InChI is InChI=1S/C16H15N3OS2.ClH/c1-9(20)18-15-14(10-8-17-7-6-12(10)21-15)16-19-11-4-2-3-5-13(11)22-16;/h2-5,17H,6-8H2,1H3,(H,18,20);1H. The molecule has 0 aliphatic carbocycles. The fourth-order valence-electron chi connectivity index (χ4n) is 2.86. The third-order valence-electron chi connectivity index (χ3n) is 3.81. The summed E-state index contributed by atoms with van der Waals surface area (Å²) in [5, 5.41) is 7.29. The molecule has 0 saturated heterocycles. The van der Waals surface area contributed by atoms with Crippen LogP contribution in [-0.2, 0) is 17.8 Å². The first kappa shape index (κ1) is 16.4. The molecule has 4 rings (SSSR count). The number of nitrogens with two attached hydrogens (primary N) is 1. The van der Waals surface area contributed by atoms with Gasteiger partial charge in [-0.3, -0.25) is 4.79 Å². The Bertz CT molecular complexity index is 838. The van der Waals surface area contributed by atoms with Gasteiger partial charge in [0.15, 0.2) is 0 Å². The molecule has 0 atom stereocenters. The van der Waals surface area contributed by atoms with Gasteiger partial charge < -0.3 is 23.0 Å². The lowest BCUT2D eigenvalue weighted by molar-refractivity contribution is -0.673. The SMILES string of the molecule is CC(=O)Nc1sc2c(c1-c1nc3ccccc3s1)C[NH2+]CC2.[Cl-]. The van der Waals surface area contributed by atoms with Crippen molar-refractivity contribution in [1.29, 1.82) is 0 Å². The van der Waals surface area contributed by atoms with Gasteiger partial charge in [-0.05, 0) is 12.1 Å². The van der Waals surface area contributed by atoms with Crippen molar-refractivity contribution in [2.75, 3.05) is 11.9 Å². The van der Waals surface area contributed by atoms with E-state index in [1.807, 2.05) is 18.2 Å². The van der Waals surface area contributed by atoms with E-state index < -0.39 is 0 Å². The molecule has 3 aromatic rings. The van der Waals surface area contributed by atoms with Crippen LogP contribution in [0.3, 0.4) is 0 Å². The van der Waals surface area contributed by atoms with E-state index in [-0.39, 0.29) is 18.3 Å². The van der Waals surface area contributed by atoms with Gasteiger partial charge in [0.25, 0.3) is 0 Å². The van der Waals surface area contributed by atoms with E-state index >= 15 is 0 Å². The first-order valence-electron chi connectivity index (χ1n) is 7.32. The maximum Gasteiger partial charge on any atom is 0.221 e. The minimum Gasteiger partial charge on any atom is -1.00 e. The van der Waals surface area contributed by atoms with E-state index in [0.717, 1.165) is 40.6 Å². The predicted molar refractivity (Wildman–Crippen MR) is 91.4 cm³/mol. The summed E-state index contributed by atoms with van der Waals surface area (Å²) in [6, 6.07) is 8.19. The normalized spacial score (nSPS) is 13.4. The number of benzene rings is 1. The van der Waals surface area contributed by atoms with E-state index in [0.29, 0.717) is 0 Å². The van der Waals surface area contributed by atoms with Crippen LogP contribution in [0.1, 0.15) is 17.4 Å². The number of nitrogens with zero attached hydrogens (tertiary/aromatic N) is 1. The Hall–Kier alpha value is -1.47. The number of aromatic nitrogens is 1. The maximum absolute atomic E-state index is 11.6. The van der Waals surface area contributed by atoms with Crippen LogP contribution in [0.4, 0.5) is 5.00 Å². The number of thiophene rings is 1. The van der Waals surface area contributed by atoms with Gasteiger partial charge in [0.2, 0.25) is 5.91 Å². The number of halogens is 1. The average Bonchev–Trinajstić information content (AvgIpc) is 3.06.